The molecule has 21 heavy (non-hydrogen) atoms. The molecule has 1 heterocycles. The van der Waals surface area contributed by atoms with Crippen molar-refractivity contribution in [2.45, 2.75) is 4.90 Å². The molecule has 0 saturated heterocycles. The van der Waals surface area contributed by atoms with E-state index in [1.807, 2.05) is 6.07 Å². The summed E-state index contributed by atoms with van der Waals surface area (Å²) in [6.07, 6.45) is 0. The second-order valence-corrected chi connectivity index (χ2v) is 6.34. The highest BCUT2D eigenvalue weighted by molar-refractivity contribution is 7.92. The van der Waals surface area contributed by atoms with Crippen molar-refractivity contribution < 1.29 is 8.42 Å². The molecular weight excluding hydrogens is 286 g/mol. The maximum atomic E-state index is 12.3. The van der Waals surface area contributed by atoms with Crippen LogP contribution in [0.3, 0.4) is 0 Å². The molecule has 0 fully saturated rings. The summed E-state index contributed by atoms with van der Waals surface area (Å²) in [5.41, 5.74) is 1.40. The SMILES string of the molecule is O=S(=O)(Nc1cccc(C2=NCCN2)c1)c1ccccc1. The van der Waals surface area contributed by atoms with Crippen molar-refractivity contribution in [3.05, 3.63) is 60.2 Å². The molecule has 0 unspecified atom stereocenters. The third-order valence-corrected chi connectivity index (χ3v) is 4.51. The molecular formula is C15H15N3O2S. The largest absolute Gasteiger partial charge is 0.368 e. The Bertz CT molecular complexity index is 771. The van der Waals surface area contributed by atoms with E-state index < -0.39 is 10.0 Å². The van der Waals surface area contributed by atoms with Crippen molar-refractivity contribution in [3.8, 4) is 0 Å². The molecule has 1 aliphatic rings. The topological polar surface area (TPSA) is 70.6 Å². The number of benzene rings is 2. The molecule has 2 N–H and O–H groups in total. The fourth-order valence-electron chi connectivity index (χ4n) is 2.13. The van der Waals surface area contributed by atoms with Crippen molar-refractivity contribution in [1.82, 2.24) is 5.32 Å². The summed E-state index contributed by atoms with van der Waals surface area (Å²) < 4.78 is 27.1. The van der Waals surface area contributed by atoms with Crippen LogP contribution in [0.25, 0.3) is 0 Å². The number of nitrogens with one attached hydrogen (secondary N) is 2. The second-order valence-electron chi connectivity index (χ2n) is 4.66. The minimum atomic E-state index is -3.56. The van der Waals surface area contributed by atoms with Gasteiger partial charge in [-0.1, -0.05) is 30.3 Å². The first-order valence-electron chi connectivity index (χ1n) is 6.62. The summed E-state index contributed by atoms with van der Waals surface area (Å²) in [7, 11) is -3.56. The zero-order chi connectivity index (χ0) is 14.7. The van der Waals surface area contributed by atoms with Gasteiger partial charge >= 0.3 is 0 Å². The molecule has 0 aliphatic carbocycles. The smallest absolute Gasteiger partial charge is 0.261 e. The Hall–Kier alpha value is -2.34. The highest BCUT2D eigenvalue weighted by atomic mass is 32.2. The molecule has 0 atom stereocenters. The van der Waals surface area contributed by atoms with Crippen molar-refractivity contribution in [3.63, 3.8) is 0 Å². The average molecular weight is 301 g/mol. The molecule has 5 nitrogen and oxygen atoms in total. The third-order valence-electron chi connectivity index (χ3n) is 3.12. The van der Waals surface area contributed by atoms with Crippen LogP contribution < -0.4 is 10.0 Å². The summed E-state index contributed by atoms with van der Waals surface area (Å²) in [5.74, 6) is 0.802. The number of amidine groups is 1. The number of nitrogens with zero attached hydrogens (tertiary/aromatic N) is 1. The number of hydrogen-bond donors (Lipinski definition) is 2. The van der Waals surface area contributed by atoms with Crippen LogP contribution in [-0.4, -0.2) is 27.3 Å². The van der Waals surface area contributed by atoms with Crippen LogP contribution in [0, 0.1) is 0 Å². The molecule has 108 valence electrons. The Morgan fingerprint density at radius 2 is 1.86 bits per heavy atom. The quantitative estimate of drug-likeness (QED) is 0.905. The van der Waals surface area contributed by atoms with Crippen molar-refractivity contribution >= 4 is 21.5 Å². The minimum absolute atomic E-state index is 0.242. The molecule has 0 saturated carbocycles. The Morgan fingerprint density at radius 1 is 1.05 bits per heavy atom. The summed E-state index contributed by atoms with van der Waals surface area (Å²) in [4.78, 5) is 4.57. The first kappa shape index (κ1) is 13.6. The van der Waals surface area contributed by atoms with Crippen LogP contribution in [0.4, 0.5) is 5.69 Å². The molecule has 3 rings (SSSR count). The van der Waals surface area contributed by atoms with Crippen LogP contribution in [0.2, 0.25) is 0 Å². The van der Waals surface area contributed by atoms with Crippen molar-refractivity contribution in [2.24, 2.45) is 4.99 Å². The first-order chi connectivity index (χ1) is 10.1. The van der Waals surface area contributed by atoms with Gasteiger partial charge in [0.1, 0.15) is 5.84 Å². The van der Waals surface area contributed by atoms with E-state index in [1.54, 1.807) is 48.5 Å². The lowest BCUT2D eigenvalue weighted by atomic mass is 10.2. The summed E-state index contributed by atoms with van der Waals surface area (Å²) in [5, 5.41) is 3.17. The highest BCUT2D eigenvalue weighted by Gasteiger charge is 2.14. The van der Waals surface area contributed by atoms with Gasteiger partial charge in [-0.05, 0) is 24.3 Å². The molecule has 1 aliphatic heterocycles. The van der Waals surface area contributed by atoms with Crippen LogP contribution in [0.1, 0.15) is 5.56 Å². The summed E-state index contributed by atoms with van der Waals surface area (Å²) in [6.45, 7) is 1.56. The number of aliphatic imine (C=N–C) groups is 1. The molecule has 0 aromatic heterocycles. The van der Waals surface area contributed by atoms with Gasteiger partial charge in [0.2, 0.25) is 0 Å². The van der Waals surface area contributed by atoms with Crippen LogP contribution in [0.15, 0.2) is 64.5 Å². The Balaban J connectivity index is 1.87. The van der Waals surface area contributed by atoms with Crippen molar-refractivity contribution in [2.75, 3.05) is 17.8 Å². The highest BCUT2D eigenvalue weighted by Crippen LogP contribution is 2.17. The molecule has 6 heteroatoms. The lowest BCUT2D eigenvalue weighted by Crippen LogP contribution is -2.20. The first-order valence-corrected chi connectivity index (χ1v) is 8.10. The van der Waals surface area contributed by atoms with E-state index in [0.717, 1.165) is 24.5 Å². The van der Waals surface area contributed by atoms with Gasteiger partial charge in [0, 0.05) is 17.8 Å². The molecule has 0 radical (unpaired) electrons. The zero-order valence-corrected chi connectivity index (χ0v) is 12.1. The maximum Gasteiger partial charge on any atom is 0.261 e. The molecule has 2 aromatic rings. The summed E-state index contributed by atoms with van der Waals surface area (Å²) in [6, 6.07) is 15.5. The predicted octanol–water partition coefficient (Wildman–Crippen LogP) is 1.84. The van der Waals surface area contributed by atoms with E-state index in [-0.39, 0.29) is 4.90 Å². The Morgan fingerprint density at radius 3 is 2.57 bits per heavy atom. The summed E-state index contributed by atoms with van der Waals surface area (Å²) >= 11 is 0. The van der Waals surface area contributed by atoms with E-state index in [9.17, 15) is 8.42 Å². The molecule has 0 bridgehead atoms. The third kappa shape index (κ3) is 3.05. The lowest BCUT2D eigenvalue weighted by molar-refractivity contribution is 0.601. The number of rotatable bonds is 4. The average Bonchev–Trinajstić information content (AvgIpc) is 3.02. The van der Waals surface area contributed by atoms with Gasteiger partial charge < -0.3 is 5.32 Å². The number of hydrogen-bond acceptors (Lipinski definition) is 4. The molecule has 0 amide bonds. The van der Waals surface area contributed by atoms with Crippen LogP contribution in [0.5, 0.6) is 0 Å². The fourth-order valence-corrected chi connectivity index (χ4v) is 3.21. The van der Waals surface area contributed by atoms with Gasteiger partial charge in [0.15, 0.2) is 0 Å². The Kier molecular flexibility index (Phi) is 3.62. The molecule has 0 spiro atoms. The zero-order valence-electron chi connectivity index (χ0n) is 11.3. The number of sulfonamides is 1. The number of anilines is 1. The Labute approximate surface area is 123 Å². The van der Waals surface area contributed by atoms with Gasteiger partial charge in [0.25, 0.3) is 10.0 Å². The van der Waals surface area contributed by atoms with E-state index in [2.05, 4.69) is 15.0 Å². The van der Waals surface area contributed by atoms with Crippen LogP contribution >= 0.6 is 0 Å². The standard InChI is InChI=1S/C15H15N3O2S/c19-21(20,14-7-2-1-3-8-14)18-13-6-4-5-12(11-13)15-16-9-10-17-15/h1-8,11,18H,9-10H2,(H,16,17). The predicted molar refractivity (Wildman–Crippen MR) is 83.1 cm³/mol. The maximum absolute atomic E-state index is 12.3. The monoisotopic (exact) mass is 301 g/mol. The van der Waals surface area contributed by atoms with Gasteiger partial charge in [0.05, 0.1) is 11.4 Å². The second kappa shape index (κ2) is 5.57. The normalized spacial score (nSPS) is 14.4. The molecule has 2 aromatic carbocycles. The van der Waals surface area contributed by atoms with E-state index in [4.69, 9.17) is 0 Å². The minimum Gasteiger partial charge on any atom is -0.368 e. The van der Waals surface area contributed by atoms with Gasteiger partial charge in [-0.15, -0.1) is 0 Å². The van der Waals surface area contributed by atoms with Gasteiger partial charge in [-0.25, -0.2) is 8.42 Å². The van der Waals surface area contributed by atoms with E-state index in [0.29, 0.717) is 5.69 Å². The fraction of sp³-hybridized carbons (Fsp3) is 0.133. The van der Waals surface area contributed by atoms with E-state index in [1.165, 1.54) is 0 Å². The van der Waals surface area contributed by atoms with Gasteiger partial charge in [-0.2, -0.15) is 0 Å². The van der Waals surface area contributed by atoms with E-state index >= 15 is 0 Å². The lowest BCUT2D eigenvalue weighted by Gasteiger charge is -2.09. The van der Waals surface area contributed by atoms with Crippen LogP contribution in [-0.2, 0) is 10.0 Å². The van der Waals surface area contributed by atoms with Gasteiger partial charge in [-0.3, -0.25) is 9.71 Å². The van der Waals surface area contributed by atoms with Crippen molar-refractivity contribution in [1.29, 1.82) is 0 Å².